The molecule has 0 aliphatic carbocycles. The van der Waals surface area contributed by atoms with E-state index < -0.39 is 0 Å². The Bertz CT molecular complexity index is 299. The fourth-order valence-corrected chi connectivity index (χ4v) is 1.60. The van der Waals surface area contributed by atoms with E-state index in [1.165, 1.54) is 4.90 Å². The fourth-order valence-electron chi connectivity index (χ4n) is 0.991. The summed E-state index contributed by atoms with van der Waals surface area (Å²) in [5.74, 6) is 0.0129. The monoisotopic (exact) mass is 273 g/mol. The summed E-state index contributed by atoms with van der Waals surface area (Å²) in [5.41, 5.74) is 1.12. The largest absolute Gasteiger partial charge is 0.351 e. The maximum absolute atomic E-state index is 10.9. The Hall–Kier alpha value is -0.480. The Morgan fingerprint density at radius 2 is 2.07 bits per heavy atom. The molecule has 0 heterocycles. The Morgan fingerprint density at radius 3 is 2.57 bits per heavy atom. The highest BCUT2D eigenvalue weighted by Gasteiger charge is 1.98. The summed E-state index contributed by atoms with van der Waals surface area (Å²) in [6.45, 7) is 0.596. The molecular formula is C10H12BrNOS. The molecule has 0 fully saturated rings. The van der Waals surface area contributed by atoms with Crippen molar-refractivity contribution in [2.75, 3.05) is 11.6 Å². The number of nitrogens with one attached hydrogen (secondary N) is 1. The van der Waals surface area contributed by atoms with Crippen molar-refractivity contribution >= 4 is 33.6 Å². The molecule has 4 heteroatoms. The highest BCUT2D eigenvalue weighted by Crippen LogP contribution is 2.14. The van der Waals surface area contributed by atoms with Crippen LogP contribution in [0, 0.1) is 0 Å². The summed E-state index contributed by atoms with van der Waals surface area (Å²) < 4.78 is 0. The molecule has 76 valence electrons. The molecule has 0 radical (unpaired) electrons. The lowest BCUT2D eigenvalue weighted by atomic mass is 10.2. The van der Waals surface area contributed by atoms with Crippen molar-refractivity contribution in [1.29, 1.82) is 0 Å². The summed E-state index contributed by atoms with van der Waals surface area (Å²) in [5, 5.41) is 3.15. The zero-order valence-corrected chi connectivity index (χ0v) is 10.3. The van der Waals surface area contributed by atoms with Crippen molar-refractivity contribution in [2.24, 2.45) is 0 Å². The SMILES string of the molecule is CSc1ccc(CNC(=O)CBr)cc1. The van der Waals surface area contributed by atoms with Gasteiger partial charge in [-0.2, -0.15) is 0 Å². The minimum absolute atomic E-state index is 0.0129. The number of alkyl halides is 1. The van der Waals surface area contributed by atoms with Gasteiger partial charge in [0.15, 0.2) is 0 Å². The van der Waals surface area contributed by atoms with Gasteiger partial charge in [-0.3, -0.25) is 4.79 Å². The Morgan fingerprint density at radius 1 is 1.43 bits per heavy atom. The van der Waals surface area contributed by atoms with Gasteiger partial charge < -0.3 is 5.32 Å². The summed E-state index contributed by atoms with van der Waals surface area (Å²) in [6, 6.07) is 8.17. The van der Waals surface area contributed by atoms with E-state index in [2.05, 4.69) is 33.4 Å². The van der Waals surface area contributed by atoms with Crippen LogP contribution < -0.4 is 5.32 Å². The number of carbonyl (C=O) groups excluding carboxylic acids is 1. The third-order valence-electron chi connectivity index (χ3n) is 1.77. The van der Waals surface area contributed by atoms with Gasteiger partial charge in [-0.15, -0.1) is 11.8 Å². The number of rotatable bonds is 4. The van der Waals surface area contributed by atoms with E-state index >= 15 is 0 Å². The average molecular weight is 274 g/mol. The second-order valence-corrected chi connectivity index (χ2v) is 4.20. The minimum Gasteiger partial charge on any atom is -0.351 e. The summed E-state index contributed by atoms with van der Waals surface area (Å²) in [7, 11) is 0. The van der Waals surface area contributed by atoms with Gasteiger partial charge in [0.2, 0.25) is 5.91 Å². The lowest BCUT2D eigenvalue weighted by Crippen LogP contribution is -2.23. The highest BCUT2D eigenvalue weighted by atomic mass is 79.9. The van der Waals surface area contributed by atoms with Crippen molar-refractivity contribution in [3.63, 3.8) is 0 Å². The van der Waals surface area contributed by atoms with Crippen LogP contribution in [0.15, 0.2) is 29.2 Å². The number of carbonyl (C=O) groups is 1. The molecule has 0 atom stereocenters. The standard InChI is InChI=1S/C10H12BrNOS/c1-14-9-4-2-8(3-5-9)7-12-10(13)6-11/h2-5H,6-7H2,1H3,(H,12,13). The highest BCUT2D eigenvalue weighted by molar-refractivity contribution is 9.09. The molecule has 1 N–H and O–H groups in total. The smallest absolute Gasteiger partial charge is 0.230 e. The molecule has 0 aromatic heterocycles. The molecule has 0 unspecified atom stereocenters. The van der Waals surface area contributed by atoms with Gasteiger partial charge in [0.25, 0.3) is 0 Å². The van der Waals surface area contributed by atoms with Crippen molar-refractivity contribution in [3.8, 4) is 0 Å². The van der Waals surface area contributed by atoms with Crippen molar-refractivity contribution in [2.45, 2.75) is 11.4 Å². The number of hydrogen-bond acceptors (Lipinski definition) is 2. The van der Waals surface area contributed by atoms with Crippen LogP contribution in [0.1, 0.15) is 5.56 Å². The normalized spacial score (nSPS) is 9.86. The van der Waals surface area contributed by atoms with Crippen LogP contribution in [0.3, 0.4) is 0 Å². The summed E-state index contributed by atoms with van der Waals surface area (Å²) >= 11 is 4.81. The topological polar surface area (TPSA) is 29.1 Å². The third-order valence-corrected chi connectivity index (χ3v) is 3.02. The third kappa shape index (κ3) is 3.72. The minimum atomic E-state index is 0.0129. The van der Waals surface area contributed by atoms with Gasteiger partial charge in [-0.25, -0.2) is 0 Å². The Kier molecular flexibility index (Phi) is 5.04. The Balaban J connectivity index is 2.47. The van der Waals surface area contributed by atoms with E-state index in [0.717, 1.165) is 5.56 Å². The number of halogens is 1. The van der Waals surface area contributed by atoms with E-state index in [-0.39, 0.29) is 5.91 Å². The summed E-state index contributed by atoms with van der Waals surface area (Å²) in [6.07, 6.45) is 2.04. The van der Waals surface area contributed by atoms with Gasteiger partial charge in [-0.05, 0) is 24.0 Å². The molecule has 1 rings (SSSR count). The number of hydrogen-bond donors (Lipinski definition) is 1. The molecule has 14 heavy (non-hydrogen) atoms. The van der Waals surface area contributed by atoms with Gasteiger partial charge in [-0.1, -0.05) is 28.1 Å². The van der Waals surface area contributed by atoms with Crippen molar-refractivity contribution in [3.05, 3.63) is 29.8 Å². The Labute approximate surface area is 96.6 Å². The lowest BCUT2D eigenvalue weighted by Gasteiger charge is -2.03. The number of thioether (sulfide) groups is 1. The first kappa shape index (κ1) is 11.6. The molecule has 0 saturated heterocycles. The molecule has 0 aliphatic rings. The van der Waals surface area contributed by atoms with Gasteiger partial charge in [0, 0.05) is 11.4 Å². The maximum Gasteiger partial charge on any atom is 0.230 e. The first-order chi connectivity index (χ1) is 6.76. The van der Waals surface area contributed by atoms with Crippen LogP contribution in [-0.2, 0) is 11.3 Å². The van der Waals surface area contributed by atoms with E-state index in [4.69, 9.17) is 0 Å². The fraction of sp³-hybridized carbons (Fsp3) is 0.300. The van der Waals surface area contributed by atoms with Crippen LogP contribution >= 0.6 is 27.7 Å². The molecule has 0 saturated carbocycles. The molecule has 0 aliphatic heterocycles. The molecule has 0 bridgehead atoms. The lowest BCUT2D eigenvalue weighted by molar-refractivity contribution is -0.118. The van der Waals surface area contributed by atoms with Crippen LogP contribution in [0.2, 0.25) is 0 Å². The van der Waals surface area contributed by atoms with Gasteiger partial charge >= 0.3 is 0 Å². The van der Waals surface area contributed by atoms with Gasteiger partial charge in [0.05, 0.1) is 5.33 Å². The van der Waals surface area contributed by atoms with Crippen LogP contribution in [-0.4, -0.2) is 17.5 Å². The second kappa shape index (κ2) is 6.09. The zero-order chi connectivity index (χ0) is 10.4. The number of amides is 1. The first-order valence-corrected chi connectivity index (χ1v) is 6.56. The molecule has 2 nitrogen and oxygen atoms in total. The second-order valence-electron chi connectivity index (χ2n) is 2.76. The van der Waals surface area contributed by atoms with E-state index in [0.29, 0.717) is 11.9 Å². The van der Waals surface area contributed by atoms with Crippen LogP contribution in [0.5, 0.6) is 0 Å². The zero-order valence-electron chi connectivity index (χ0n) is 7.92. The molecule has 1 amide bonds. The predicted octanol–water partition coefficient (Wildman–Crippen LogP) is 2.42. The van der Waals surface area contributed by atoms with Crippen molar-refractivity contribution in [1.82, 2.24) is 5.32 Å². The molecule has 1 aromatic carbocycles. The predicted molar refractivity (Wildman–Crippen MR) is 63.9 cm³/mol. The summed E-state index contributed by atoms with van der Waals surface area (Å²) in [4.78, 5) is 12.2. The van der Waals surface area contributed by atoms with Crippen molar-refractivity contribution < 1.29 is 4.79 Å². The molecule has 1 aromatic rings. The molecule has 0 spiro atoms. The average Bonchev–Trinajstić information content (AvgIpc) is 2.26. The maximum atomic E-state index is 10.9. The van der Waals surface area contributed by atoms with Gasteiger partial charge in [0.1, 0.15) is 0 Å². The quantitative estimate of drug-likeness (QED) is 0.675. The van der Waals surface area contributed by atoms with Crippen LogP contribution in [0.4, 0.5) is 0 Å². The number of benzene rings is 1. The first-order valence-electron chi connectivity index (χ1n) is 4.22. The molecular weight excluding hydrogens is 262 g/mol. The van der Waals surface area contributed by atoms with E-state index in [1.54, 1.807) is 11.8 Å². The van der Waals surface area contributed by atoms with E-state index in [1.807, 2.05) is 18.4 Å². The van der Waals surface area contributed by atoms with E-state index in [9.17, 15) is 4.79 Å². The van der Waals surface area contributed by atoms with Crippen LogP contribution in [0.25, 0.3) is 0 Å².